The second kappa shape index (κ2) is 4.25. The molecule has 2 N–H and O–H groups in total. The Balaban J connectivity index is 4.48. The first-order valence-corrected chi connectivity index (χ1v) is 4.78. The van der Waals surface area contributed by atoms with Gasteiger partial charge in [-0.3, -0.25) is 0 Å². The van der Waals surface area contributed by atoms with Crippen molar-refractivity contribution in [3.63, 3.8) is 0 Å². The van der Waals surface area contributed by atoms with E-state index in [9.17, 15) is 10.2 Å². The third-order valence-electron chi connectivity index (χ3n) is 2.51. The average Bonchev–Trinajstić information content (AvgIpc) is 1.82. The molecule has 2 nitrogen and oxygen atoms in total. The molecular formula is C11H22O2. The minimum Gasteiger partial charge on any atom is -0.387 e. The summed E-state index contributed by atoms with van der Waals surface area (Å²) in [4.78, 5) is 0. The summed E-state index contributed by atoms with van der Waals surface area (Å²) < 4.78 is 0. The fourth-order valence-corrected chi connectivity index (χ4v) is 1.52. The molecule has 0 aromatic carbocycles. The van der Waals surface area contributed by atoms with Crippen molar-refractivity contribution in [1.29, 1.82) is 0 Å². The number of hydrogen-bond donors (Lipinski definition) is 2. The SMILES string of the molecule is C=CCC(C)(O)C(C)(O)CC(C)C. The fourth-order valence-electron chi connectivity index (χ4n) is 1.52. The zero-order chi connectivity index (χ0) is 10.7. The summed E-state index contributed by atoms with van der Waals surface area (Å²) in [6.45, 7) is 10.9. The zero-order valence-electron chi connectivity index (χ0n) is 9.17. The van der Waals surface area contributed by atoms with E-state index in [1.54, 1.807) is 19.9 Å². The molecule has 0 saturated carbocycles. The van der Waals surface area contributed by atoms with Crippen molar-refractivity contribution in [1.82, 2.24) is 0 Å². The highest BCUT2D eigenvalue weighted by Crippen LogP contribution is 2.31. The molecule has 0 aliphatic rings. The first-order chi connectivity index (χ1) is 5.73. The van der Waals surface area contributed by atoms with E-state index >= 15 is 0 Å². The van der Waals surface area contributed by atoms with Crippen LogP contribution in [0.4, 0.5) is 0 Å². The lowest BCUT2D eigenvalue weighted by atomic mass is 9.78. The van der Waals surface area contributed by atoms with E-state index in [4.69, 9.17) is 0 Å². The molecule has 2 heteroatoms. The van der Waals surface area contributed by atoms with Crippen LogP contribution in [-0.4, -0.2) is 21.4 Å². The van der Waals surface area contributed by atoms with Crippen molar-refractivity contribution in [2.24, 2.45) is 5.92 Å². The van der Waals surface area contributed by atoms with Crippen LogP contribution >= 0.6 is 0 Å². The van der Waals surface area contributed by atoms with E-state index in [2.05, 4.69) is 6.58 Å². The summed E-state index contributed by atoms with van der Waals surface area (Å²) in [7, 11) is 0. The molecule has 0 saturated heterocycles. The summed E-state index contributed by atoms with van der Waals surface area (Å²) in [5.41, 5.74) is -2.13. The molecule has 0 aliphatic carbocycles. The Labute approximate surface area is 81.3 Å². The van der Waals surface area contributed by atoms with E-state index < -0.39 is 11.2 Å². The first kappa shape index (κ1) is 12.7. The highest BCUT2D eigenvalue weighted by molar-refractivity contribution is 4.97. The maximum absolute atomic E-state index is 10.0. The van der Waals surface area contributed by atoms with Gasteiger partial charge in [-0.15, -0.1) is 6.58 Å². The van der Waals surface area contributed by atoms with Crippen LogP contribution in [0.2, 0.25) is 0 Å². The van der Waals surface area contributed by atoms with Gasteiger partial charge in [0.15, 0.2) is 0 Å². The average molecular weight is 186 g/mol. The molecule has 0 radical (unpaired) electrons. The molecule has 13 heavy (non-hydrogen) atoms. The van der Waals surface area contributed by atoms with Gasteiger partial charge < -0.3 is 10.2 Å². The summed E-state index contributed by atoms with van der Waals surface area (Å²) in [5, 5.41) is 20.0. The van der Waals surface area contributed by atoms with Crippen LogP contribution in [0.3, 0.4) is 0 Å². The van der Waals surface area contributed by atoms with Crippen molar-refractivity contribution in [2.45, 2.75) is 51.7 Å². The van der Waals surface area contributed by atoms with Crippen LogP contribution in [0.15, 0.2) is 12.7 Å². The van der Waals surface area contributed by atoms with Gasteiger partial charge in [0.2, 0.25) is 0 Å². The topological polar surface area (TPSA) is 40.5 Å². The molecule has 2 atom stereocenters. The molecule has 0 amide bonds. The Morgan fingerprint density at radius 2 is 1.69 bits per heavy atom. The number of hydrogen-bond acceptors (Lipinski definition) is 2. The lowest BCUT2D eigenvalue weighted by molar-refractivity contribution is -0.137. The smallest absolute Gasteiger partial charge is 0.0936 e. The fraction of sp³-hybridized carbons (Fsp3) is 0.818. The molecule has 0 heterocycles. The Morgan fingerprint density at radius 3 is 2.00 bits per heavy atom. The van der Waals surface area contributed by atoms with Gasteiger partial charge in [0.25, 0.3) is 0 Å². The molecular weight excluding hydrogens is 164 g/mol. The summed E-state index contributed by atoms with van der Waals surface area (Å²) in [6, 6.07) is 0. The van der Waals surface area contributed by atoms with Gasteiger partial charge in [-0.2, -0.15) is 0 Å². The second-order valence-electron chi connectivity index (χ2n) is 4.64. The summed E-state index contributed by atoms with van der Waals surface area (Å²) in [6.07, 6.45) is 2.63. The van der Waals surface area contributed by atoms with E-state index in [0.29, 0.717) is 18.8 Å². The van der Waals surface area contributed by atoms with Gasteiger partial charge in [0.1, 0.15) is 0 Å². The maximum atomic E-state index is 10.0. The van der Waals surface area contributed by atoms with Gasteiger partial charge >= 0.3 is 0 Å². The van der Waals surface area contributed by atoms with Gasteiger partial charge in [0, 0.05) is 0 Å². The molecule has 0 rings (SSSR count). The van der Waals surface area contributed by atoms with E-state index in [1.807, 2.05) is 13.8 Å². The Hall–Kier alpha value is -0.340. The molecule has 0 aliphatic heterocycles. The first-order valence-electron chi connectivity index (χ1n) is 4.78. The van der Waals surface area contributed by atoms with Gasteiger partial charge in [-0.1, -0.05) is 19.9 Å². The lowest BCUT2D eigenvalue weighted by Crippen LogP contribution is -2.50. The quantitative estimate of drug-likeness (QED) is 0.646. The maximum Gasteiger partial charge on any atom is 0.0936 e. The van der Waals surface area contributed by atoms with Crippen LogP contribution < -0.4 is 0 Å². The normalized spacial score (nSPS) is 20.8. The second-order valence-corrected chi connectivity index (χ2v) is 4.64. The predicted octanol–water partition coefficient (Wildman–Crippen LogP) is 2.11. The molecule has 0 aromatic rings. The Kier molecular flexibility index (Phi) is 4.14. The van der Waals surface area contributed by atoms with Gasteiger partial charge in [-0.05, 0) is 32.6 Å². The van der Waals surface area contributed by atoms with Crippen molar-refractivity contribution in [3.05, 3.63) is 12.7 Å². The third-order valence-corrected chi connectivity index (χ3v) is 2.51. The van der Waals surface area contributed by atoms with Gasteiger partial charge in [-0.25, -0.2) is 0 Å². The minimum absolute atomic E-state index is 0.367. The summed E-state index contributed by atoms with van der Waals surface area (Å²) in [5.74, 6) is 0.367. The lowest BCUT2D eigenvalue weighted by Gasteiger charge is -2.39. The number of aliphatic hydroxyl groups is 2. The van der Waals surface area contributed by atoms with Crippen LogP contribution in [0.5, 0.6) is 0 Å². The number of rotatable bonds is 5. The molecule has 78 valence electrons. The van der Waals surface area contributed by atoms with Crippen molar-refractivity contribution >= 4 is 0 Å². The highest BCUT2D eigenvalue weighted by Gasteiger charge is 2.40. The third kappa shape index (κ3) is 3.49. The molecule has 0 aromatic heterocycles. The largest absolute Gasteiger partial charge is 0.387 e. The zero-order valence-corrected chi connectivity index (χ0v) is 9.17. The summed E-state index contributed by atoms with van der Waals surface area (Å²) >= 11 is 0. The van der Waals surface area contributed by atoms with E-state index in [1.165, 1.54) is 0 Å². The minimum atomic E-state index is -1.08. The van der Waals surface area contributed by atoms with Crippen LogP contribution in [0.1, 0.15) is 40.5 Å². The monoisotopic (exact) mass is 186 g/mol. The van der Waals surface area contributed by atoms with Crippen molar-refractivity contribution in [3.8, 4) is 0 Å². The Morgan fingerprint density at radius 1 is 1.23 bits per heavy atom. The van der Waals surface area contributed by atoms with Gasteiger partial charge in [0.05, 0.1) is 11.2 Å². The van der Waals surface area contributed by atoms with Crippen molar-refractivity contribution < 1.29 is 10.2 Å². The Bertz CT molecular complexity index is 169. The van der Waals surface area contributed by atoms with Crippen molar-refractivity contribution in [2.75, 3.05) is 0 Å². The predicted molar refractivity (Wildman–Crippen MR) is 55.5 cm³/mol. The van der Waals surface area contributed by atoms with E-state index in [-0.39, 0.29) is 0 Å². The van der Waals surface area contributed by atoms with Crippen LogP contribution in [-0.2, 0) is 0 Å². The standard InChI is InChI=1S/C11H22O2/c1-6-7-10(4,12)11(5,13)8-9(2)3/h6,9,12-13H,1,7-8H2,2-5H3. The molecule has 2 unspecified atom stereocenters. The highest BCUT2D eigenvalue weighted by atomic mass is 16.4. The van der Waals surface area contributed by atoms with Crippen LogP contribution in [0.25, 0.3) is 0 Å². The van der Waals surface area contributed by atoms with Crippen LogP contribution in [0, 0.1) is 5.92 Å². The molecule has 0 fully saturated rings. The molecule has 0 bridgehead atoms. The molecule has 0 spiro atoms. The van der Waals surface area contributed by atoms with E-state index in [0.717, 1.165) is 0 Å².